The molecule has 0 amide bonds. The number of aromatic nitrogens is 2. The van der Waals surface area contributed by atoms with Crippen LogP contribution in [0.15, 0.2) is 72.8 Å². The van der Waals surface area contributed by atoms with Gasteiger partial charge in [0.25, 0.3) is 0 Å². The largest absolute Gasteiger partial charge is 0.492 e. The Morgan fingerprint density at radius 3 is 2.43 bits per heavy atom. The minimum atomic E-state index is 0.419. The van der Waals surface area contributed by atoms with E-state index < -0.39 is 0 Å². The van der Waals surface area contributed by atoms with Crippen molar-refractivity contribution in [2.75, 3.05) is 6.61 Å². The Bertz CT molecular complexity index is 1070. The topological polar surface area (TPSA) is 36.3 Å². The van der Waals surface area contributed by atoms with Gasteiger partial charge in [0.15, 0.2) is 0 Å². The third-order valence-electron chi connectivity index (χ3n) is 4.70. The molecule has 4 aromatic rings. The highest BCUT2D eigenvalue weighted by Crippen LogP contribution is 2.19. The number of rotatable bonds is 7. The van der Waals surface area contributed by atoms with Crippen molar-refractivity contribution in [1.82, 2.24) is 9.55 Å². The summed E-state index contributed by atoms with van der Waals surface area (Å²) in [6.45, 7) is 5.83. The monoisotopic (exact) mass is 372 g/mol. The summed E-state index contributed by atoms with van der Waals surface area (Å²) >= 11 is 0. The van der Waals surface area contributed by atoms with Crippen molar-refractivity contribution in [2.45, 2.75) is 27.0 Å². The first-order valence-electron chi connectivity index (χ1n) is 9.52. The van der Waals surface area contributed by atoms with E-state index in [1.807, 2.05) is 60.7 Å². The van der Waals surface area contributed by atoms with E-state index in [0.29, 0.717) is 19.8 Å². The Balaban J connectivity index is 1.50. The number of benzene rings is 3. The molecule has 28 heavy (non-hydrogen) atoms. The fourth-order valence-corrected chi connectivity index (χ4v) is 3.23. The third-order valence-corrected chi connectivity index (χ3v) is 4.70. The summed E-state index contributed by atoms with van der Waals surface area (Å²) in [5.41, 5.74) is 4.48. The third kappa shape index (κ3) is 4.17. The van der Waals surface area contributed by atoms with E-state index in [4.69, 9.17) is 14.5 Å². The zero-order chi connectivity index (χ0) is 19.3. The molecular formula is C24H24N2O2. The summed E-state index contributed by atoms with van der Waals surface area (Å²) in [6, 6.07) is 24.4. The van der Waals surface area contributed by atoms with Crippen LogP contribution in [-0.2, 0) is 13.2 Å². The van der Waals surface area contributed by atoms with Crippen LogP contribution in [0.5, 0.6) is 11.5 Å². The fraction of sp³-hybridized carbons (Fsp3) is 0.208. The van der Waals surface area contributed by atoms with Gasteiger partial charge in [0, 0.05) is 0 Å². The lowest BCUT2D eigenvalue weighted by atomic mass is 10.2. The summed E-state index contributed by atoms with van der Waals surface area (Å²) in [5.74, 6) is 2.64. The molecule has 0 aliphatic rings. The van der Waals surface area contributed by atoms with Crippen molar-refractivity contribution in [3.8, 4) is 11.5 Å². The van der Waals surface area contributed by atoms with E-state index in [2.05, 4.69) is 30.5 Å². The van der Waals surface area contributed by atoms with E-state index >= 15 is 0 Å². The van der Waals surface area contributed by atoms with E-state index in [-0.39, 0.29) is 0 Å². The van der Waals surface area contributed by atoms with Crippen molar-refractivity contribution >= 4 is 11.0 Å². The average molecular weight is 372 g/mol. The van der Waals surface area contributed by atoms with Gasteiger partial charge in [-0.2, -0.15) is 0 Å². The first kappa shape index (κ1) is 18.1. The molecule has 0 saturated carbocycles. The smallest absolute Gasteiger partial charge is 0.148 e. The lowest BCUT2D eigenvalue weighted by molar-refractivity contribution is 0.272. The molecule has 1 aromatic heterocycles. The molecule has 0 unspecified atom stereocenters. The standard InChI is InChI=1S/C24H24N2O2/c1-18-10-12-20(13-11-18)28-17-24-25-22-8-3-4-9-23(22)26(24)14-15-27-21-7-5-6-19(2)16-21/h3-13,16H,14-15,17H2,1-2H3. The lowest BCUT2D eigenvalue weighted by Crippen LogP contribution is -2.13. The number of imidazole rings is 1. The highest BCUT2D eigenvalue weighted by molar-refractivity contribution is 5.75. The van der Waals surface area contributed by atoms with Crippen LogP contribution < -0.4 is 9.47 Å². The maximum Gasteiger partial charge on any atom is 0.148 e. The van der Waals surface area contributed by atoms with Gasteiger partial charge in [-0.25, -0.2) is 4.98 Å². The molecule has 0 saturated heterocycles. The Labute approximate surface area is 165 Å². The second kappa shape index (κ2) is 8.17. The van der Waals surface area contributed by atoms with Crippen LogP contribution in [0.1, 0.15) is 17.0 Å². The first-order valence-corrected chi connectivity index (χ1v) is 9.52. The molecule has 4 nitrogen and oxygen atoms in total. The van der Waals surface area contributed by atoms with Crippen molar-refractivity contribution in [2.24, 2.45) is 0 Å². The van der Waals surface area contributed by atoms with Crippen molar-refractivity contribution in [1.29, 1.82) is 0 Å². The van der Waals surface area contributed by atoms with Crippen LogP contribution >= 0.6 is 0 Å². The minimum absolute atomic E-state index is 0.419. The molecule has 0 aliphatic carbocycles. The SMILES string of the molecule is Cc1ccc(OCc2nc3ccccc3n2CCOc2cccc(C)c2)cc1. The zero-order valence-electron chi connectivity index (χ0n) is 16.3. The van der Waals surface area contributed by atoms with Crippen molar-refractivity contribution in [3.63, 3.8) is 0 Å². The van der Waals surface area contributed by atoms with Crippen LogP contribution in [0.25, 0.3) is 11.0 Å². The van der Waals surface area contributed by atoms with Crippen LogP contribution in [0, 0.1) is 13.8 Å². The normalized spacial score (nSPS) is 10.9. The van der Waals surface area contributed by atoms with Gasteiger partial charge < -0.3 is 14.0 Å². The molecule has 0 radical (unpaired) electrons. The van der Waals surface area contributed by atoms with Gasteiger partial charge in [0.1, 0.15) is 30.5 Å². The molecule has 0 aliphatic heterocycles. The zero-order valence-corrected chi connectivity index (χ0v) is 16.3. The number of para-hydroxylation sites is 2. The van der Waals surface area contributed by atoms with Crippen molar-refractivity contribution in [3.05, 3.63) is 89.7 Å². The van der Waals surface area contributed by atoms with Gasteiger partial charge in [0.2, 0.25) is 0 Å². The molecule has 0 fully saturated rings. The molecule has 0 N–H and O–H groups in total. The molecule has 0 spiro atoms. The second-order valence-corrected chi connectivity index (χ2v) is 6.94. The number of hydrogen-bond acceptors (Lipinski definition) is 3. The quantitative estimate of drug-likeness (QED) is 0.441. The average Bonchev–Trinajstić information content (AvgIpc) is 3.05. The molecule has 142 valence electrons. The number of fused-ring (bicyclic) bond motifs is 1. The van der Waals surface area contributed by atoms with Gasteiger partial charge in [0.05, 0.1) is 17.6 Å². The van der Waals surface area contributed by atoms with E-state index in [9.17, 15) is 0 Å². The Kier molecular flexibility index (Phi) is 5.29. The van der Waals surface area contributed by atoms with Gasteiger partial charge >= 0.3 is 0 Å². The summed E-state index contributed by atoms with van der Waals surface area (Å²) in [7, 11) is 0. The summed E-state index contributed by atoms with van der Waals surface area (Å²) in [6.07, 6.45) is 0. The molecule has 4 rings (SSSR count). The highest BCUT2D eigenvalue weighted by atomic mass is 16.5. The second-order valence-electron chi connectivity index (χ2n) is 6.94. The molecule has 4 heteroatoms. The number of ether oxygens (including phenoxy) is 2. The maximum atomic E-state index is 5.97. The number of hydrogen-bond donors (Lipinski definition) is 0. The number of nitrogens with zero attached hydrogens (tertiary/aromatic N) is 2. The van der Waals surface area contributed by atoms with Gasteiger partial charge in [-0.05, 0) is 55.8 Å². The van der Waals surface area contributed by atoms with Crippen LogP contribution in [0.4, 0.5) is 0 Å². The number of aryl methyl sites for hydroxylation is 2. The lowest BCUT2D eigenvalue weighted by Gasteiger charge is -2.12. The van der Waals surface area contributed by atoms with E-state index in [0.717, 1.165) is 28.4 Å². The summed E-state index contributed by atoms with van der Waals surface area (Å²) in [5, 5.41) is 0. The van der Waals surface area contributed by atoms with Crippen LogP contribution in [0.3, 0.4) is 0 Å². The minimum Gasteiger partial charge on any atom is -0.492 e. The van der Waals surface area contributed by atoms with Gasteiger partial charge in [-0.3, -0.25) is 0 Å². The van der Waals surface area contributed by atoms with Crippen LogP contribution in [-0.4, -0.2) is 16.2 Å². The molecule has 3 aromatic carbocycles. The molecule has 0 atom stereocenters. The molecular weight excluding hydrogens is 348 g/mol. The highest BCUT2D eigenvalue weighted by Gasteiger charge is 2.11. The maximum absolute atomic E-state index is 5.97. The van der Waals surface area contributed by atoms with Gasteiger partial charge in [-0.15, -0.1) is 0 Å². The molecule has 1 heterocycles. The first-order chi connectivity index (χ1) is 13.7. The predicted molar refractivity (Wildman–Crippen MR) is 112 cm³/mol. The van der Waals surface area contributed by atoms with Crippen LogP contribution in [0.2, 0.25) is 0 Å². The van der Waals surface area contributed by atoms with Crippen molar-refractivity contribution < 1.29 is 9.47 Å². The Morgan fingerprint density at radius 1 is 0.786 bits per heavy atom. The summed E-state index contributed by atoms with van der Waals surface area (Å²) < 4.78 is 14.1. The predicted octanol–water partition coefficient (Wildman–Crippen LogP) is 5.31. The Hall–Kier alpha value is -3.27. The van der Waals surface area contributed by atoms with E-state index in [1.54, 1.807) is 0 Å². The van der Waals surface area contributed by atoms with E-state index in [1.165, 1.54) is 11.1 Å². The fourth-order valence-electron chi connectivity index (χ4n) is 3.23. The van der Waals surface area contributed by atoms with Gasteiger partial charge in [-0.1, -0.05) is 42.0 Å². The Morgan fingerprint density at radius 2 is 1.61 bits per heavy atom. The molecule has 0 bridgehead atoms. The summed E-state index contributed by atoms with van der Waals surface area (Å²) in [4.78, 5) is 4.77.